The van der Waals surface area contributed by atoms with Crippen molar-refractivity contribution < 1.29 is 14.3 Å². The molecule has 1 aliphatic heterocycles. The summed E-state index contributed by atoms with van der Waals surface area (Å²) in [4.78, 5) is 24.1. The molecule has 0 aliphatic carbocycles. The minimum atomic E-state index is -0.497. The van der Waals surface area contributed by atoms with Crippen molar-refractivity contribution in [2.45, 2.75) is 33.6 Å². The zero-order chi connectivity index (χ0) is 10.8. The Balaban J connectivity index is 2.34. The number of esters is 1. The molecule has 0 radical (unpaired) electrons. The zero-order valence-electron chi connectivity index (χ0n) is 9.00. The third kappa shape index (κ3) is 2.72. The lowest BCUT2D eigenvalue weighted by atomic mass is 9.98. The van der Waals surface area contributed by atoms with Crippen molar-refractivity contribution in [3.63, 3.8) is 0 Å². The molecule has 0 aromatic carbocycles. The van der Waals surface area contributed by atoms with Crippen LogP contribution in [-0.2, 0) is 14.3 Å². The predicted octanol–water partition coefficient (Wildman–Crippen LogP) is 1.16. The lowest BCUT2D eigenvalue weighted by molar-refractivity contribution is -0.159. The normalized spacial score (nSPS) is 17.4. The van der Waals surface area contributed by atoms with Gasteiger partial charge in [-0.2, -0.15) is 0 Å². The van der Waals surface area contributed by atoms with E-state index in [1.54, 1.807) is 25.7 Å². The molecule has 0 saturated carbocycles. The summed E-state index contributed by atoms with van der Waals surface area (Å²) in [5, 5.41) is 0. The van der Waals surface area contributed by atoms with Gasteiger partial charge in [0.15, 0.2) is 6.73 Å². The molecular formula is C10H17NO3. The van der Waals surface area contributed by atoms with Crippen molar-refractivity contribution in [1.82, 2.24) is 4.90 Å². The number of carbonyl (C=O) groups is 2. The molecule has 0 aromatic heterocycles. The van der Waals surface area contributed by atoms with Crippen molar-refractivity contribution >= 4 is 11.9 Å². The number of rotatable bonds is 2. The molecule has 1 aliphatic rings. The molecule has 1 heterocycles. The van der Waals surface area contributed by atoms with Crippen LogP contribution in [0.15, 0.2) is 0 Å². The summed E-state index contributed by atoms with van der Waals surface area (Å²) < 4.78 is 5.03. The Bertz CT molecular complexity index is 242. The minimum Gasteiger partial charge on any atom is -0.444 e. The highest BCUT2D eigenvalue weighted by Crippen LogP contribution is 2.16. The van der Waals surface area contributed by atoms with Crippen molar-refractivity contribution in [2.75, 3.05) is 13.3 Å². The van der Waals surface area contributed by atoms with Gasteiger partial charge in [-0.15, -0.1) is 0 Å². The van der Waals surface area contributed by atoms with E-state index in [-0.39, 0.29) is 18.6 Å². The van der Waals surface area contributed by atoms with Crippen LogP contribution in [0.25, 0.3) is 0 Å². The van der Waals surface area contributed by atoms with Crippen LogP contribution in [0.3, 0.4) is 0 Å². The molecule has 0 spiro atoms. The molecule has 14 heavy (non-hydrogen) atoms. The Labute approximate surface area is 84.2 Å². The topological polar surface area (TPSA) is 46.6 Å². The lowest BCUT2D eigenvalue weighted by Gasteiger charge is -2.20. The van der Waals surface area contributed by atoms with Gasteiger partial charge >= 0.3 is 5.97 Å². The minimum absolute atomic E-state index is 0.0757. The summed E-state index contributed by atoms with van der Waals surface area (Å²) >= 11 is 0. The maximum atomic E-state index is 11.4. The van der Waals surface area contributed by atoms with E-state index in [9.17, 15) is 9.59 Å². The van der Waals surface area contributed by atoms with E-state index in [4.69, 9.17) is 4.74 Å². The maximum Gasteiger partial charge on any atom is 0.312 e. The van der Waals surface area contributed by atoms with Crippen LogP contribution in [0, 0.1) is 5.41 Å². The van der Waals surface area contributed by atoms with E-state index in [0.717, 1.165) is 6.42 Å². The van der Waals surface area contributed by atoms with E-state index in [1.165, 1.54) is 0 Å². The van der Waals surface area contributed by atoms with Gasteiger partial charge < -0.3 is 9.64 Å². The summed E-state index contributed by atoms with van der Waals surface area (Å²) in [5.74, 6) is -0.191. The SMILES string of the molecule is CC(C)(C)C(=O)OCN1CCCC1=O. The highest BCUT2D eigenvalue weighted by molar-refractivity contribution is 5.79. The Morgan fingerprint density at radius 3 is 2.57 bits per heavy atom. The van der Waals surface area contributed by atoms with Crippen LogP contribution in [0.1, 0.15) is 33.6 Å². The second kappa shape index (κ2) is 3.98. The molecule has 1 amide bonds. The predicted molar refractivity (Wildman–Crippen MR) is 51.4 cm³/mol. The number of likely N-dealkylation sites (tertiary alicyclic amines) is 1. The van der Waals surface area contributed by atoms with Gasteiger partial charge in [0, 0.05) is 13.0 Å². The first kappa shape index (κ1) is 11.0. The third-order valence-electron chi connectivity index (χ3n) is 2.14. The number of hydrogen-bond donors (Lipinski definition) is 0. The van der Waals surface area contributed by atoms with Crippen LogP contribution >= 0.6 is 0 Å². The van der Waals surface area contributed by atoms with Crippen LogP contribution in [0.2, 0.25) is 0 Å². The molecule has 0 aromatic rings. The van der Waals surface area contributed by atoms with E-state index in [0.29, 0.717) is 13.0 Å². The van der Waals surface area contributed by atoms with Crippen LogP contribution in [0.4, 0.5) is 0 Å². The van der Waals surface area contributed by atoms with Gasteiger partial charge in [0.1, 0.15) is 0 Å². The fraction of sp³-hybridized carbons (Fsp3) is 0.800. The fourth-order valence-corrected chi connectivity index (χ4v) is 1.19. The molecule has 4 nitrogen and oxygen atoms in total. The Hall–Kier alpha value is -1.06. The molecule has 1 fully saturated rings. The van der Waals surface area contributed by atoms with Gasteiger partial charge in [-0.3, -0.25) is 9.59 Å². The largest absolute Gasteiger partial charge is 0.444 e. The summed E-state index contributed by atoms with van der Waals surface area (Å²) in [5.41, 5.74) is -0.497. The molecule has 0 N–H and O–H groups in total. The Morgan fingerprint density at radius 1 is 1.50 bits per heavy atom. The first-order valence-corrected chi connectivity index (χ1v) is 4.86. The average Bonchev–Trinajstić information content (AvgIpc) is 2.45. The quantitative estimate of drug-likeness (QED) is 0.627. The molecule has 0 atom stereocenters. The molecule has 1 rings (SSSR count). The molecular weight excluding hydrogens is 182 g/mol. The van der Waals surface area contributed by atoms with Crippen molar-refractivity contribution in [2.24, 2.45) is 5.41 Å². The number of hydrogen-bond acceptors (Lipinski definition) is 3. The lowest BCUT2D eigenvalue weighted by Crippen LogP contribution is -2.32. The summed E-state index contributed by atoms with van der Waals surface area (Å²) in [6, 6.07) is 0. The van der Waals surface area contributed by atoms with E-state index in [2.05, 4.69) is 0 Å². The number of amides is 1. The van der Waals surface area contributed by atoms with Gasteiger partial charge in [0.05, 0.1) is 5.41 Å². The molecule has 0 bridgehead atoms. The van der Waals surface area contributed by atoms with Crippen molar-refractivity contribution in [1.29, 1.82) is 0 Å². The molecule has 80 valence electrons. The number of nitrogens with zero attached hydrogens (tertiary/aromatic N) is 1. The smallest absolute Gasteiger partial charge is 0.312 e. The summed E-state index contributed by atoms with van der Waals surface area (Å²) in [6.07, 6.45) is 1.44. The van der Waals surface area contributed by atoms with E-state index in [1.807, 2.05) is 0 Å². The fourth-order valence-electron chi connectivity index (χ4n) is 1.19. The summed E-state index contributed by atoms with van der Waals surface area (Å²) in [6.45, 7) is 6.19. The van der Waals surface area contributed by atoms with Crippen LogP contribution in [-0.4, -0.2) is 30.1 Å². The van der Waals surface area contributed by atoms with Crippen molar-refractivity contribution in [3.8, 4) is 0 Å². The van der Waals surface area contributed by atoms with Crippen molar-refractivity contribution in [3.05, 3.63) is 0 Å². The standard InChI is InChI=1S/C10H17NO3/c1-10(2,3)9(13)14-7-11-6-4-5-8(11)12/h4-7H2,1-3H3. The molecule has 1 saturated heterocycles. The van der Waals surface area contributed by atoms with E-state index < -0.39 is 5.41 Å². The monoisotopic (exact) mass is 199 g/mol. The highest BCUT2D eigenvalue weighted by Gasteiger charge is 2.26. The third-order valence-corrected chi connectivity index (χ3v) is 2.14. The van der Waals surface area contributed by atoms with Gasteiger partial charge in [-0.1, -0.05) is 0 Å². The molecule has 4 heteroatoms. The average molecular weight is 199 g/mol. The van der Waals surface area contributed by atoms with Gasteiger partial charge in [0.25, 0.3) is 0 Å². The van der Waals surface area contributed by atoms with E-state index >= 15 is 0 Å². The van der Waals surface area contributed by atoms with Gasteiger partial charge in [-0.25, -0.2) is 0 Å². The van der Waals surface area contributed by atoms with Gasteiger partial charge in [0.2, 0.25) is 5.91 Å². The first-order valence-electron chi connectivity index (χ1n) is 4.86. The summed E-state index contributed by atoms with van der Waals surface area (Å²) in [7, 11) is 0. The zero-order valence-corrected chi connectivity index (χ0v) is 9.00. The number of carbonyl (C=O) groups excluding carboxylic acids is 2. The number of ether oxygens (including phenoxy) is 1. The molecule has 0 unspecified atom stereocenters. The second-order valence-corrected chi connectivity index (χ2v) is 4.57. The first-order chi connectivity index (χ1) is 6.41. The Kier molecular flexibility index (Phi) is 3.13. The Morgan fingerprint density at radius 2 is 2.14 bits per heavy atom. The van der Waals surface area contributed by atoms with Crippen LogP contribution < -0.4 is 0 Å². The highest BCUT2D eigenvalue weighted by atomic mass is 16.5. The second-order valence-electron chi connectivity index (χ2n) is 4.57. The van der Waals surface area contributed by atoms with Gasteiger partial charge in [-0.05, 0) is 27.2 Å². The maximum absolute atomic E-state index is 11.4. The van der Waals surface area contributed by atoms with Crippen LogP contribution in [0.5, 0.6) is 0 Å².